The largest absolute Gasteiger partial charge is 0.494 e. The third kappa shape index (κ3) is 5.21. The van der Waals surface area contributed by atoms with Gasteiger partial charge in [0.05, 0.1) is 18.1 Å². The number of allylic oxidation sites excluding steroid dienone is 1. The molecule has 1 heterocycles. The molecule has 3 aromatic carbocycles. The number of ether oxygens (including phenoxy) is 3. The fourth-order valence-electron chi connectivity index (χ4n) is 4.12. The number of nitrogens with zero attached hydrogens (tertiary/aromatic N) is 1. The number of esters is 1. The van der Waals surface area contributed by atoms with Gasteiger partial charge in [-0.2, -0.15) is 5.26 Å². The van der Waals surface area contributed by atoms with Crippen molar-refractivity contribution < 1.29 is 19.0 Å². The van der Waals surface area contributed by atoms with Gasteiger partial charge in [0.15, 0.2) is 0 Å². The van der Waals surface area contributed by atoms with E-state index in [0.717, 1.165) is 17.5 Å². The summed E-state index contributed by atoms with van der Waals surface area (Å²) < 4.78 is 17.0. The van der Waals surface area contributed by atoms with Crippen LogP contribution in [0.25, 0.3) is 0 Å². The van der Waals surface area contributed by atoms with Crippen molar-refractivity contribution in [3.63, 3.8) is 0 Å². The van der Waals surface area contributed by atoms with E-state index in [-0.39, 0.29) is 17.2 Å². The molecule has 0 aromatic heterocycles. The van der Waals surface area contributed by atoms with E-state index < -0.39 is 5.97 Å². The van der Waals surface area contributed by atoms with E-state index in [4.69, 9.17) is 19.9 Å². The Kier molecular flexibility index (Phi) is 7.03. The van der Waals surface area contributed by atoms with Gasteiger partial charge in [-0.1, -0.05) is 64.1 Å². The van der Waals surface area contributed by atoms with Gasteiger partial charge < -0.3 is 19.9 Å². The van der Waals surface area contributed by atoms with Crippen LogP contribution in [0.2, 0.25) is 0 Å². The van der Waals surface area contributed by atoms with Gasteiger partial charge in [0.1, 0.15) is 28.9 Å². The Labute approximate surface area is 211 Å². The minimum absolute atomic E-state index is 0.0134. The second kappa shape index (κ2) is 10.2. The van der Waals surface area contributed by atoms with Crippen molar-refractivity contribution in [2.45, 2.75) is 45.4 Å². The minimum atomic E-state index is -0.511. The first-order chi connectivity index (χ1) is 17.2. The Balaban J connectivity index is 1.62. The summed E-state index contributed by atoms with van der Waals surface area (Å²) >= 11 is 0. The molecule has 1 aliphatic rings. The van der Waals surface area contributed by atoms with Gasteiger partial charge in [0.25, 0.3) is 0 Å². The third-order valence-corrected chi connectivity index (χ3v) is 6.05. The maximum absolute atomic E-state index is 12.8. The Hall–Kier alpha value is -4.24. The monoisotopic (exact) mass is 482 g/mol. The molecule has 0 bridgehead atoms. The molecule has 6 heteroatoms. The zero-order valence-electron chi connectivity index (χ0n) is 21.0. The lowest BCUT2D eigenvalue weighted by Crippen LogP contribution is -2.21. The topological polar surface area (TPSA) is 94.6 Å². The van der Waals surface area contributed by atoms with Gasteiger partial charge in [0, 0.05) is 11.6 Å². The fraction of sp³-hybridized carbons (Fsp3) is 0.267. The molecule has 1 atom stereocenters. The van der Waals surface area contributed by atoms with Gasteiger partial charge in [-0.05, 0) is 47.2 Å². The maximum atomic E-state index is 12.8. The summed E-state index contributed by atoms with van der Waals surface area (Å²) in [6.07, 6.45) is 0.872. The number of nitriles is 1. The van der Waals surface area contributed by atoms with E-state index in [1.807, 2.05) is 25.1 Å². The minimum Gasteiger partial charge on any atom is -0.494 e. The molecule has 3 aromatic rings. The molecule has 0 saturated heterocycles. The molecule has 1 aliphatic heterocycles. The van der Waals surface area contributed by atoms with Crippen molar-refractivity contribution in [3.8, 4) is 23.3 Å². The van der Waals surface area contributed by atoms with Crippen molar-refractivity contribution in [1.29, 1.82) is 5.26 Å². The number of carbonyl (C=O) groups excluding carboxylic acids is 1. The second-order valence-corrected chi connectivity index (χ2v) is 9.76. The SMILES string of the molecule is CCCOc1cccc(C(=O)Oc2ccc3c(c2)OC(N)=C(C#N)C3c2ccc(C(C)(C)C)cc2)c1. The van der Waals surface area contributed by atoms with Crippen molar-refractivity contribution >= 4 is 5.97 Å². The molecule has 36 heavy (non-hydrogen) atoms. The predicted octanol–water partition coefficient (Wildman–Crippen LogP) is 6.21. The van der Waals surface area contributed by atoms with Crippen molar-refractivity contribution in [1.82, 2.24) is 0 Å². The summed E-state index contributed by atoms with van der Waals surface area (Å²) in [5.74, 6) is 0.519. The van der Waals surface area contributed by atoms with Crippen LogP contribution in [0.4, 0.5) is 0 Å². The average molecular weight is 483 g/mol. The van der Waals surface area contributed by atoms with Gasteiger partial charge in [-0.25, -0.2) is 4.79 Å². The van der Waals surface area contributed by atoms with Gasteiger partial charge in [0.2, 0.25) is 5.88 Å². The molecule has 0 radical (unpaired) electrons. The smallest absolute Gasteiger partial charge is 0.343 e. The molecule has 1 unspecified atom stereocenters. The predicted molar refractivity (Wildman–Crippen MR) is 138 cm³/mol. The number of nitrogens with two attached hydrogens (primary N) is 1. The van der Waals surface area contributed by atoms with Crippen LogP contribution in [0.15, 0.2) is 78.2 Å². The van der Waals surface area contributed by atoms with Crippen LogP contribution in [0, 0.1) is 11.3 Å². The zero-order chi connectivity index (χ0) is 25.9. The highest BCUT2D eigenvalue weighted by molar-refractivity contribution is 5.91. The number of rotatable bonds is 6. The lowest BCUT2D eigenvalue weighted by molar-refractivity contribution is 0.0734. The van der Waals surface area contributed by atoms with E-state index in [0.29, 0.717) is 35.0 Å². The maximum Gasteiger partial charge on any atom is 0.343 e. The Morgan fingerprint density at radius 3 is 2.47 bits per heavy atom. The highest BCUT2D eigenvalue weighted by Gasteiger charge is 2.31. The fourth-order valence-corrected chi connectivity index (χ4v) is 4.12. The standard InChI is InChI=1S/C30H30N2O4/c1-5-15-34-22-8-6-7-20(16-22)29(33)35-23-13-14-24-26(17-23)36-28(32)25(18-31)27(24)19-9-11-21(12-10-19)30(2,3)4/h6-14,16-17,27H,5,15,32H2,1-4H3. The number of fused-ring (bicyclic) bond motifs is 1. The van der Waals surface area contributed by atoms with Crippen molar-refractivity contribution in [2.75, 3.05) is 6.61 Å². The van der Waals surface area contributed by atoms with E-state index in [2.05, 4.69) is 39.0 Å². The lowest BCUT2D eigenvalue weighted by atomic mass is 9.81. The molecule has 0 fully saturated rings. The van der Waals surface area contributed by atoms with Crippen LogP contribution in [-0.2, 0) is 5.41 Å². The summed E-state index contributed by atoms with van der Waals surface area (Å²) in [4.78, 5) is 12.8. The summed E-state index contributed by atoms with van der Waals surface area (Å²) in [7, 11) is 0. The number of hydrogen-bond acceptors (Lipinski definition) is 6. The van der Waals surface area contributed by atoms with Gasteiger partial charge in [-0.15, -0.1) is 0 Å². The molecule has 4 rings (SSSR count). The summed E-state index contributed by atoms with van der Waals surface area (Å²) in [5.41, 5.74) is 9.79. The van der Waals surface area contributed by atoms with Crippen LogP contribution in [0.3, 0.4) is 0 Å². The van der Waals surface area contributed by atoms with E-state index in [1.165, 1.54) is 5.56 Å². The molecule has 2 N–H and O–H groups in total. The van der Waals surface area contributed by atoms with Crippen molar-refractivity contribution in [3.05, 3.63) is 100 Å². The van der Waals surface area contributed by atoms with Crippen LogP contribution >= 0.6 is 0 Å². The average Bonchev–Trinajstić information content (AvgIpc) is 2.86. The number of hydrogen-bond donors (Lipinski definition) is 1. The molecule has 0 saturated carbocycles. The van der Waals surface area contributed by atoms with Crippen LogP contribution in [0.1, 0.15) is 67.1 Å². The van der Waals surface area contributed by atoms with Gasteiger partial charge >= 0.3 is 5.97 Å². The molecular weight excluding hydrogens is 452 g/mol. The zero-order valence-corrected chi connectivity index (χ0v) is 21.0. The number of benzene rings is 3. The van der Waals surface area contributed by atoms with Crippen LogP contribution in [-0.4, -0.2) is 12.6 Å². The van der Waals surface area contributed by atoms with Crippen molar-refractivity contribution in [2.24, 2.45) is 5.73 Å². The van der Waals surface area contributed by atoms with Gasteiger partial charge in [-0.3, -0.25) is 0 Å². The quantitative estimate of drug-likeness (QED) is 0.332. The van der Waals surface area contributed by atoms with E-state index in [9.17, 15) is 10.1 Å². The number of carbonyl (C=O) groups is 1. The molecule has 184 valence electrons. The molecule has 6 nitrogen and oxygen atoms in total. The highest BCUT2D eigenvalue weighted by atomic mass is 16.5. The van der Waals surface area contributed by atoms with Crippen LogP contribution in [0.5, 0.6) is 17.2 Å². The first-order valence-electron chi connectivity index (χ1n) is 12.0. The van der Waals surface area contributed by atoms with E-state index in [1.54, 1.807) is 36.4 Å². The van der Waals surface area contributed by atoms with E-state index >= 15 is 0 Å². The molecule has 0 amide bonds. The summed E-state index contributed by atoms with van der Waals surface area (Å²) in [5, 5.41) is 9.83. The lowest BCUT2D eigenvalue weighted by Gasteiger charge is -2.27. The Morgan fingerprint density at radius 2 is 1.81 bits per heavy atom. The van der Waals surface area contributed by atoms with Crippen LogP contribution < -0.4 is 19.9 Å². The summed E-state index contributed by atoms with van der Waals surface area (Å²) in [6.45, 7) is 9.05. The first kappa shape index (κ1) is 24.9. The highest BCUT2D eigenvalue weighted by Crippen LogP contribution is 2.43. The molecule has 0 aliphatic carbocycles. The summed E-state index contributed by atoms with van der Waals surface area (Å²) in [6, 6.07) is 22.4. The first-order valence-corrected chi connectivity index (χ1v) is 12.0. The Morgan fingerprint density at radius 1 is 1.06 bits per heavy atom. The molecular formula is C30H30N2O4. The third-order valence-electron chi connectivity index (χ3n) is 6.05. The Bertz CT molecular complexity index is 1340. The second-order valence-electron chi connectivity index (χ2n) is 9.76. The normalized spacial score (nSPS) is 14.9. The molecule has 0 spiro atoms.